The molecule has 0 aliphatic rings. The minimum absolute atomic E-state index is 0.168. The van der Waals surface area contributed by atoms with Gasteiger partial charge in [-0.3, -0.25) is 0 Å². The van der Waals surface area contributed by atoms with Crippen LogP contribution in [0.1, 0.15) is 48.0 Å². The molecule has 0 aliphatic carbocycles. The fourth-order valence-corrected chi connectivity index (χ4v) is 2.82. The summed E-state index contributed by atoms with van der Waals surface area (Å²) in [6, 6.07) is 0. The maximum Gasteiger partial charge on any atom is 0.350 e. The molecule has 0 bridgehead atoms. The molecule has 0 saturated carbocycles. The SMILES string of the molecule is CCC(C)(C)S(=O)(=O)C(F)(F)C(C)(C)C. The van der Waals surface area contributed by atoms with Gasteiger partial charge in [-0.1, -0.05) is 27.7 Å². The number of halogens is 2. The van der Waals surface area contributed by atoms with E-state index in [1.54, 1.807) is 6.92 Å². The molecule has 0 aromatic carbocycles. The molecular formula is C10H20F2O2S. The Bertz CT molecular complexity index is 324. The molecule has 0 aromatic rings. The van der Waals surface area contributed by atoms with E-state index in [9.17, 15) is 17.2 Å². The van der Waals surface area contributed by atoms with Crippen LogP contribution in [0.15, 0.2) is 0 Å². The molecule has 0 saturated heterocycles. The molecule has 0 rings (SSSR count). The zero-order valence-corrected chi connectivity index (χ0v) is 11.0. The van der Waals surface area contributed by atoms with Crippen LogP contribution in [-0.4, -0.2) is 18.4 Å². The lowest BCUT2D eigenvalue weighted by Gasteiger charge is -2.36. The minimum Gasteiger partial charge on any atom is -0.222 e. The summed E-state index contributed by atoms with van der Waals surface area (Å²) in [5.74, 6) is 0. The number of rotatable bonds is 3. The Labute approximate surface area is 91.0 Å². The second-order valence-corrected chi connectivity index (χ2v) is 8.01. The fraction of sp³-hybridized carbons (Fsp3) is 1.00. The third-order valence-electron chi connectivity index (χ3n) is 2.79. The van der Waals surface area contributed by atoms with E-state index < -0.39 is 25.3 Å². The summed E-state index contributed by atoms with van der Waals surface area (Å²) in [6.07, 6.45) is 0.168. The zero-order valence-electron chi connectivity index (χ0n) is 10.2. The molecule has 0 aromatic heterocycles. The first-order valence-electron chi connectivity index (χ1n) is 4.93. The topological polar surface area (TPSA) is 34.1 Å². The van der Waals surface area contributed by atoms with Crippen LogP contribution in [0.25, 0.3) is 0 Å². The van der Waals surface area contributed by atoms with E-state index in [0.29, 0.717) is 0 Å². The van der Waals surface area contributed by atoms with Crippen molar-refractivity contribution in [3.05, 3.63) is 0 Å². The van der Waals surface area contributed by atoms with Gasteiger partial charge in [0.15, 0.2) is 0 Å². The molecule has 0 atom stereocenters. The lowest BCUT2D eigenvalue weighted by Crippen LogP contribution is -2.50. The van der Waals surface area contributed by atoms with Crippen LogP contribution < -0.4 is 0 Å². The second kappa shape index (κ2) is 3.68. The van der Waals surface area contributed by atoms with Gasteiger partial charge in [0.2, 0.25) is 9.84 Å². The number of sulfone groups is 1. The standard InChI is InChI=1S/C10H20F2O2S/c1-7-9(5,6)15(13,14)10(11,12)8(2,3)4/h7H2,1-6H3. The molecule has 0 amide bonds. The number of hydrogen-bond donors (Lipinski definition) is 0. The summed E-state index contributed by atoms with van der Waals surface area (Å²) in [6.45, 7) is 7.96. The van der Waals surface area contributed by atoms with Crippen molar-refractivity contribution in [1.82, 2.24) is 0 Å². The first-order chi connectivity index (χ1) is 6.31. The molecule has 92 valence electrons. The third-order valence-corrected chi connectivity index (χ3v) is 5.82. The third kappa shape index (κ3) is 2.17. The van der Waals surface area contributed by atoms with Crippen molar-refractivity contribution >= 4 is 9.84 Å². The summed E-state index contributed by atoms with van der Waals surface area (Å²) < 4.78 is 49.8. The van der Waals surface area contributed by atoms with Crippen LogP contribution in [0, 0.1) is 5.41 Å². The van der Waals surface area contributed by atoms with Crippen LogP contribution in [0.4, 0.5) is 8.78 Å². The zero-order chi connectivity index (χ0) is 12.7. The first kappa shape index (κ1) is 14.8. The van der Waals surface area contributed by atoms with Crippen molar-refractivity contribution in [2.24, 2.45) is 5.41 Å². The molecule has 5 heteroatoms. The van der Waals surface area contributed by atoms with E-state index in [-0.39, 0.29) is 6.42 Å². The van der Waals surface area contributed by atoms with E-state index in [0.717, 1.165) is 0 Å². The number of alkyl halides is 2. The average Bonchev–Trinajstić information content (AvgIpc) is 2.01. The largest absolute Gasteiger partial charge is 0.350 e. The minimum atomic E-state index is -4.48. The summed E-state index contributed by atoms with van der Waals surface area (Å²) in [5.41, 5.74) is -1.59. The Morgan fingerprint density at radius 1 is 1.00 bits per heavy atom. The first-order valence-corrected chi connectivity index (χ1v) is 6.41. The van der Waals surface area contributed by atoms with Gasteiger partial charge in [0.25, 0.3) is 0 Å². The summed E-state index contributed by atoms with van der Waals surface area (Å²) in [7, 11) is -4.48. The highest BCUT2D eigenvalue weighted by Crippen LogP contribution is 2.45. The van der Waals surface area contributed by atoms with Crippen LogP contribution in [0.2, 0.25) is 0 Å². The average molecular weight is 242 g/mol. The second-order valence-electron chi connectivity index (χ2n) is 5.38. The van der Waals surface area contributed by atoms with Gasteiger partial charge in [-0.15, -0.1) is 0 Å². The molecule has 0 spiro atoms. The Hall–Kier alpha value is -0.190. The van der Waals surface area contributed by atoms with Gasteiger partial charge in [0, 0.05) is 5.41 Å². The van der Waals surface area contributed by atoms with Crippen molar-refractivity contribution in [3.8, 4) is 0 Å². The van der Waals surface area contributed by atoms with Crippen LogP contribution in [0.5, 0.6) is 0 Å². The molecule has 0 N–H and O–H groups in total. The lowest BCUT2D eigenvalue weighted by atomic mass is 9.97. The lowest BCUT2D eigenvalue weighted by molar-refractivity contribution is -0.0179. The van der Waals surface area contributed by atoms with E-state index in [1.807, 2.05) is 0 Å². The molecule has 0 heterocycles. The normalized spacial score (nSPS) is 15.5. The predicted molar refractivity (Wildman–Crippen MR) is 57.7 cm³/mol. The van der Waals surface area contributed by atoms with E-state index in [4.69, 9.17) is 0 Å². The Morgan fingerprint density at radius 3 is 1.53 bits per heavy atom. The molecule has 0 aliphatic heterocycles. The van der Waals surface area contributed by atoms with Gasteiger partial charge in [0.1, 0.15) is 0 Å². The van der Waals surface area contributed by atoms with Gasteiger partial charge in [-0.2, -0.15) is 8.78 Å². The van der Waals surface area contributed by atoms with Crippen molar-refractivity contribution in [2.75, 3.05) is 0 Å². The summed E-state index contributed by atoms with van der Waals surface area (Å²) >= 11 is 0. The molecule has 15 heavy (non-hydrogen) atoms. The monoisotopic (exact) mass is 242 g/mol. The highest BCUT2D eigenvalue weighted by Gasteiger charge is 2.59. The summed E-state index contributed by atoms with van der Waals surface area (Å²) in [4.78, 5) is 0. The molecular weight excluding hydrogens is 222 g/mol. The maximum absolute atomic E-state index is 13.8. The summed E-state index contributed by atoms with van der Waals surface area (Å²) in [5, 5.41) is -3.71. The molecule has 0 radical (unpaired) electrons. The van der Waals surface area contributed by atoms with E-state index in [2.05, 4.69) is 0 Å². The van der Waals surface area contributed by atoms with Gasteiger partial charge in [-0.25, -0.2) is 8.42 Å². The van der Waals surface area contributed by atoms with Crippen LogP contribution in [0.3, 0.4) is 0 Å². The van der Waals surface area contributed by atoms with Gasteiger partial charge in [-0.05, 0) is 20.3 Å². The quantitative estimate of drug-likeness (QED) is 0.761. The highest BCUT2D eigenvalue weighted by atomic mass is 32.2. The van der Waals surface area contributed by atoms with Crippen molar-refractivity contribution in [1.29, 1.82) is 0 Å². The predicted octanol–water partition coefficient (Wildman–Crippen LogP) is 3.23. The van der Waals surface area contributed by atoms with Crippen molar-refractivity contribution in [2.45, 2.75) is 58.0 Å². The highest BCUT2D eigenvalue weighted by molar-refractivity contribution is 7.93. The van der Waals surface area contributed by atoms with E-state index >= 15 is 0 Å². The Balaban J connectivity index is 5.62. The van der Waals surface area contributed by atoms with Gasteiger partial charge < -0.3 is 0 Å². The van der Waals surface area contributed by atoms with Crippen LogP contribution in [-0.2, 0) is 9.84 Å². The Kier molecular flexibility index (Phi) is 3.63. The maximum atomic E-state index is 13.8. The van der Waals surface area contributed by atoms with Gasteiger partial charge >= 0.3 is 5.25 Å². The fourth-order valence-electron chi connectivity index (χ4n) is 0.940. The molecule has 0 fully saturated rings. The molecule has 2 nitrogen and oxygen atoms in total. The number of hydrogen-bond acceptors (Lipinski definition) is 2. The van der Waals surface area contributed by atoms with Crippen molar-refractivity contribution in [3.63, 3.8) is 0 Å². The van der Waals surface area contributed by atoms with E-state index in [1.165, 1.54) is 34.6 Å². The smallest absolute Gasteiger partial charge is 0.222 e. The van der Waals surface area contributed by atoms with Crippen LogP contribution >= 0.6 is 0 Å². The van der Waals surface area contributed by atoms with Gasteiger partial charge in [0.05, 0.1) is 4.75 Å². The molecule has 0 unspecified atom stereocenters. The van der Waals surface area contributed by atoms with Crippen molar-refractivity contribution < 1.29 is 17.2 Å². The Morgan fingerprint density at radius 2 is 1.33 bits per heavy atom.